The molecular formula is C18H20ClNO2S. The zero-order valence-corrected chi connectivity index (χ0v) is 14.8. The molecular weight excluding hydrogens is 330 g/mol. The largest absolute Gasteiger partial charge is 0.491 e. The molecule has 122 valence electrons. The van der Waals surface area contributed by atoms with E-state index in [9.17, 15) is 4.79 Å². The van der Waals surface area contributed by atoms with E-state index in [1.165, 1.54) is 11.8 Å². The lowest BCUT2D eigenvalue weighted by Crippen LogP contribution is -2.14. The second kappa shape index (κ2) is 8.85. The summed E-state index contributed by atoms with van der Waals surface area (Å²) in [6, 6.07) is 15.1. The molecule has 0 spiro atoms. The summed E-state index contributed by atoms with van der Waals surface area (Å²) in [6.07, 6.45) is 0.136. The van der Waals surface area contributed by atoms with Gasteiger partial charge in [0.1, 0.15) is 5.75 Å². The van der Waals surface area contributed by atoms with E-state index in [0.29, 0.717) is 11.5 Å². The van der Waals surface area contributed by atoms with Gasteiger partial charge in [0.2, 0.25) is 5.91 Å². The lowest BCUT2D eigenvalue weighted by molar-refractivity contribution is -0.113. The van der Waals surface area contributed by atoms with Gasteiger partial charge in [-0.15, -0.1) is 11.8 Å². The molecule has 2 rings (SSSR count). The van der Waals surface area contributed by atoms with Crippen molar-refractivity contribution in [2.75, 3.05) is 11.1 Å². The van der Waals surface area contributed by atoms with Gasteiger partial charge in [-0.3, -0.25) is 4.79 Å². The number of hydrogen-bond acceptors (Lipinski definition) is 3. The third-order valence-corrected chi connectivity index (χ3v) is 4.31. The lowest BCUT2D eigenvalue weighted by Gasteiger charge is -2.10. The van der Waals surface area contributed by atoms with Crippen molar-refractivity contribution in [3.8, 4) is 5.75 Å². The van der Waals surface area contributed by atoms with Crippen LogP contribution < -0.4 is 10.1 Å². The smallest absolute Gasteiger partial charge is 0.234 e. The predicted octanol–water partition coefficient (Wildman–Crippen LogP) is 5.00. The first-order valence-corrected chi connectivity index (χ1v) is 8.95. The van der Waals surface area contributed by atoms with Crippen LogP contribution in [-0.2, 0) is 10.5 Å². The molecule has 1 N–H and O–H groups in total. The van der Waals surface area contributed by atoms with Crippen LogP contribution in [0.1, 0.15) is 19.4 Å². The number of nitrogens with one attached hydrogen (secondary N) is 1. The molecule has 5 heteroatoms. The normalized spacial score (nSPS) is 10.6. The van der Waals surface area contributed by atoms with Crippen molar-refractivity contribution >= 4 is 35.0 Å². The molecule has 2 aromatic rings. The molecule has 0 fully saturated rings. The number of halogens is 1. The first-order valence-electron chi connectivity index (χ1n) is 7.42. The van der Waals surface area contributed by atoms with E-state index in [1.807, 2.05) is 62.4 Å². The third-order valence-electron chi connectivity index (χ3n) is 2.96. The van der Waals surface area contributed by atoms with Crippen molar-refractivity contribution < 1.29 is 9.53 Å². The Morgan fingerprint density at radius 3 is 2.52 bits per heavy atom. The molecule has 0 unspecified atom stereocenters. The number of carbonyl (C=O) groups excluding carboxylic acids is 1. The quantitative estimate of drug-likeness (QED) is 0.764. The second-order valence-corrected chi connectivity index (χ2v) is 6.72. The first-order chi connectivity index (χ1) is 11.0. The van der Waals surface area contributed by atoms with Gasteiger partial charge in [0.15, 0.2) is 0 Å². The number of thioether (sulfide) groups is 1. The molecule has 0 radical (unpaired) electrons. The van der Waals surface area contributed by atoms with Crippen molar-refractivity contribution in [1.29, 1.82) is 0 Å². The minimum Gasteiger partial charge on any atom is -0.491 e. The summed E-state index contributed by atoms with van der Waals surface area (Å²) >= 11 is 7.63. The van der Waals surface area contributed by atoms with Gasteiger partial charge in [-0.25, -0.2) is 0 Å². The number of benzene rings is 2. The first kappa shape index (κ1) is 17.7. The van der Waals surface area contributed by atoms with Gasteiger partial charge in [-0.05, 0) is 49.7 Å². The topological polar surface area (TPSA) is 38.3 Å². The van der Waals surface area contributed by atoms with Crippen molar-refractivity contribution in [2.24, 2.45) is 0 Å². The van der Waals surface area contributed by atoms with Gasteiger partial charge in [-0.1, -0.05) is 29.8 Å². The molecule has 0 aliphatic rings. The minimum atomic E-state index is -0.0282. The Labute approximate surface area is 146 Å². The van der Waals surface area contributed by atoms with E-state index >= 15 is 0 Å². The minimum absolute atomic E-state index is 0.0282. The summed E-state index contributed by atoms with van der Waals surface area (Å²) in [5.74, 6) is 1.87. The maximum atomic E-state index is 12.0. The molecule has 2 aromatic carbocycles. The Hall–Kier alpha value is -1.65. The van der Waals surface area contributed by atoms with Crippen LogP contribution in [0.5, 0.6) is 5.75 Å². The molecule has 0 aliphatic carbocycles. The van der Waals surface area contributed by atoms with Gasteiger partial charge in [0.05, 0.1) is 11.9 Å². The highest BCUT2D eigenvalue weighted by Crippen LogP contribution is 2.21. The van der Waals surface area contributed by atoms with Gasteiger partial charge >= 0.3 is 0 Å². The Morgan fingerprint density at radius 1 is 1.17 bits per heavy atom. The van der Waals surface area contributed by atoms with Gasteiger partial charge in [0, 0.05) is 16.5 Å². The van der Waals surface area contributed by atoms with E-state index in [-0.39, 0.29) is 12.0 Å². The fraction of sp³-hybridized carbons (Fsp3) is 0.278. The fourth-order valence-electron chi connectivity index (χ4n) is 1.96. The van der Waals surface area contributed by atoms with Crippen LogP contribution in [0.25, 0.3) is 0 Å². The maximum absolute atomic E-state index is 12.0. The SMILES string of the molecule is CC(C)Oc1ccc(NC(=O)CSCc2ccccc2Cl)cc1. The van der Waals surface area contributed by atoms with E-state index in [2.05, 4.69) is 5.32 Å². The number of ether oxygens (including phenoxy) is 1. The number of amides is 1. The molecule has 0 bridgehead atoms. The number of hydrogen-bond donors (Lipinski definition) is 1. The van der Waals surface area contributed by atoms with Gasteiger partial charge in [0.25, 0.3) is 0 Å². The summed E-state index contributed by atoms with van der Waals surface area (Å²) in [7, 11) is 0. The molecule has 0 aromatic heterocycles. The van der Waals surface area contributed by atoms with Crippen LogP contribution in [0, 0.1) is 0 Å². The summed E-state index contributed by atoms with van der Waals surface area (Å²) in [4.78, 5) is 12.0. The average Bonchev–Trinajstić information content (AvgIpc) is 2.51. The molecule has 3 nitrogen and oxygen atoms in total. The van der Waals surface area contributed by atoms with Crippen LogP contribution in [0.15, 0.2) is 48.5 Å². The van der Waals surface area contributed by atoms with Crippen molar-refractivity contribution in [3.63, 3.8) is 0 Å². The van der Waals surface area contributed by atoms with Crippen molar-refractivity contribution in [2.45, 2.75) is 25.7 Å². The highest BCUT2D eigenvalue weighted by atomic mass is 35.5. The summed E-state index contributed by atoms with van der Waals surface area (Å²) in [5.41, 5.74) is 1.81. The van der Waals surface area contributed by atoms with E-state index in [4.69, 9.17) is 16.3 Å². The summed E-state index contributed by atoms with van der Waals surface area (Å²) < 4.78 is 5.57. The van der Waals surface area contributed by atoms with E-state index in [1.54, 1.807) is 0 Å². The highest BCUT2D eigenvalue weighted by Gasteiger charge is 2.05. The standard InChI is InChI=1S/C18H20ClNO2S/c1-13(2)22-16-9-7-15(8-10-16)20-18(21)12-23-11-14-5-3-4-6-17(14)19/h3-10,13H,11-12H2,1-2H3,(H,20,21). The molecule has 23 heavy (non-hydrogen) atoms. The van der Waals surface area contributed by atoms with Crippen LogP contribution >= 0.6 is 23.4 Å². The Morgan fingerprint density at radius 2 is 1.87 bits per heavy atom. The molecule has 0 heterocycles. The van der Waals surface area contributed by atoms with Crippen LogP contribution in [0.2, 0.25) is 5.02 Å². The van der Waals surface area contributed by atoms with Crippen molar-refractivity contribution in [1.82, 2.24) is 0 Å². The summed E-state index contributed by atoms with van der Waals surface area (Å²) in [6.45, 7) is 3.96. The number of rotatable bonds is 7. The number of carbonyl (C=O) groups is 1. The third kappa shape index (κ3) is 6.16. The molecule has 0 atom stereocenters. The maximum Gasteiger partial charge on any atom is 0.234 e. The monoisotopic (exact) mass is 349 g/mol. The van der Waals surface area contributed by atoms with Gasteiger partial charge in [-0.2, -0.15) is 0 Å². The predicted molar refractivity (Wildman–Crippen MR) is 98.4 cm³/mol. The molecule has 0 saturated heterocycles. The van der Waals surface area contributed by atoms with Crippen molar-refractivity contribution in [3.05, 3.63) is 59.1 Å². The molecule has 1 amide bonds. The summed E-state index contributed by atoms with van der Waals surface area (Å²) in [5, 5.41) is 3.61. The molecule has 0 saturated carbocycles. The van der Waals surface area contributed by atoms with Gasteiger partial charge < -0.3 is 10.1 Å². The van der Waals surface area contributed by atoms with Crippen LogP contribution in [0.4, 0.5) is 5.69 Å². The molecule has 0 aliphatic heterocycles. The fourth-order valence-corrected chi connectivity index (χ4v) is 3.07. The van der Waals surface area contributed by atoms with E-state index < -0.39 is 0 Å². The zero-order chi connectivity index (χ0) is 16.7. The number of anilines is 1. The van der Waals surface area contributed by atoms with E-state index in [0.717, 1.165) is 22.0 Å². The second-order valence-electron chi connectivity index (χ2n) is 5.32. The zero-order valence-electron chi connectivity index (χ0n) is 13.2. The Bertz CT molecular complexity index is 644. The Balaban J connectivity index is 1.77. The van der Waals surface area contributed by atoms with Crippen LogP contribution in [0.3, 0.4) is 0 Å². The Kier molecular flexibility index (Phi) is 6.81. The van der Waals surface area contributed by atoms with Crippen LogP contribution in [-0.4, -0.2) is 17.8 Å². The lowest BCUT2D eigenvalue weighted by atomic mass is 10.2. The highest BCUT2D eigenvalue weighted by molar-refractivity contribution is 7.99. The average molecular weight is 350 g/mol.